The molecular weight excluding hydrogens is 228 g/mol. The molecule has 0 spiro atoms. The molecule has 0 atom stereocenters. The van der Waals surface area contributed by atoms with Gasteiger partial charge in [-0.05, 0) is 26.7 Å². The zero-order valence-corrected chi connectivity index (χ0v) is 10.9. The molecule has 0 unspecified atom stereocenters. The van der Waals surface area contributed by atoms with Gasteiger partial charge in [-0.25, -0.2) is 0 Å². The maximum Gasteiger partial charge on any atom is 0.279 e. The van der Waals surface area contributed by atoms with Gasteiger partial charge in [0, 0.05) is 32.0 Å². The highest BCUT2D eigenvalue weighted by Crippen LogP contribution is 2.21. The summed E-state index contributed by atoms with van der Waals surface area (Å²) in [5.74, 6) is 0.235. The van der Waals surface area contributed by atoms with E-state index in [0.717, 1.165) is 0 Å². The molecule has 0 bridgehead atoms. The fourth-order valence-corrected chi connectivity index (χ4v) is 3.23. The summed E-state index contributed by atoms with van der Waals surface area (Å²) in [6.45, 7) is 3.57. The van der Waals surface area contributed by atoms with Crippen LogP contribution in [0.5, 0.6) is 0 Å². The van der Waals surface area contributed by atoms with E-state index < -0.39 is 10.2 Å². The number of nitrogens with one attached hydrogen (secondary N) is 1. The van der Waals surface area contributed by atoms with E-state index in [-0.39, 0.29) is 17.9 Å². The van der Waals surface area contributed by atoms with Crippen LogP contribution in [0.1, 0.15) is 39.5 Å². The van der Waals surface area contributed by atoms with Crippen LogP contribution in [0.3, 0.4) is 0 Å². The van der Waals surface area contributed by atoms with Gasteiger partial charge in [0.2, 0.25) is 0 Å². The molecule has 1 fully saturated rings. The van der Waals surface area contributed by atoms with Crippen molar-refractivity contribution in [3.8, 4) is 0 Å². The highest BCUT2D eigenvalue weighted by Gasteiger charge is 2.29. The maximum atomic E-state index is 11.9. The van der Waals surface area contributed by atoms with Gasteiger partial charge in [-0.2, -0.15) is 17.4 Å². The lowest BCUT2D eigenvalue weighted by atomic mass is 9.95. The van der Waals surface area contributed by atoms with Crippen LogP contribution < -0.4 is 4.72 Å². The average Bonchev–Trinajstić information content (AvgIpc) is 2.16. The van der Waals surface area contributed by atoms with Gasteiger partial charge < -0.3 is 0 Å². The Bertz CT molecular complexity index is 341. The number of carbonyl (C=O) groups is 1. The van der Waals surface area contributed by atoms with Gasteiger partial charge in [-0.3, -0.25) is 4.79 Å². The molecule has 0 heterocycles. The van der Waals surface area contributed by atoms with Crippen molar-refractivity contribution in [1.82, 2.24) is 9.03 Å². The van der Waals surface area contributed by atoms with Crippen molar-refractivity contribution in [3.05, 3.63) is 0 Å². The lowest BCUT2D eigenvalue weighted by molar-refractivity contribution is -0.120. The van der Waals surface area contributed by atoms with Crippen molar-refractivity contribution < 1.29 is 13.2 Å². The summed E-state index contributed by atoms with van der Waals surface area (Å²) in [4.78, 5) is 11.1. The van der Waals surface area contributed by atoms with Crippen molar-refractivity contribution in [1.29, 1.82) is 0 Å². The molecule has 5 nitrogen and oxygen atoms in total. The summed E-state index contributed by atoms with van der Waals surface area (Å²) in [5, 5.41) is 0. The first kappa shape index (κ1) is 13.6. The molecular formula is C10H20N2O3S. The predicted molar refractivity (Wildman–Crippen MR) is 62.2 cm³/mol. The van der Waals surface area contributed by atoms with Gasteiger partial charge in [0.15, 0.2) is 0 Å². The Kier molecular flexibility index (Phi) is 4.46. The van der Waals surface area contributed by atoms with Crippen molar-refractivity contribution in [2.24, 2.45) is 0 Å². The standard InChI is InChI=1S/C10H20N2O3S/c1-8(2)11-16(14,15)12(3)9-4-6-10(13)7-5-9/h8-9,11H,4-7H2,1-3H3. The van der Waals surface area contributed by atoms with E-state index in [1.54, 1.807) is 20.9 Å². The molecule has 0 saturated heterocycles. The molecule has 0 radical (unpaired) electrons. The first-order valence-electron chi connectivity index (χ1n) is 5.60. The number of rotatable bonds is 4. The minimum Gasteiger partial charge on any atom is -0.300 e. The molecule has 1 aliphatic rings. The SMILES string of the molecule is CC(C)NS(=O)(=O)N(C)C1CCC(=O)CC1. The Balaban J connectivity index is 2.63. The van der Waals surface area contributed by atoms with Gasteiger partial charge in [-0.1, -0.05) is 0 Å². The van der Waals surface area contributed by atoms with Gasteiger partial charge in [0.05, 0.1) is 0 Å². The first-order valence-corrected chi connectivity index (χ1v) is 7.04. The van der Waals surface area contributed by atoms with Crippen LogP contribution in [0.2, 0.25) is 0 Å². The number of nitrogens with zero attached hydrogens (tertiary/aromatic N) is 1. The molecule has 1 N–H and O–H groups in total. The smallest absolute Gasteiger partial charge is 0.279 e. The Morgan fingerprint density at radius 3 is 2.25 bits per heavy atom. The van der Waals surface area contributed by atoms with Crippen LogP contribution in [-0.4, -0.2) is 37.6 Å². The van der Waals surface area contributed by atoms with Crippen LogP contribution in [0.25, 0.3) is 0 Å². The van der Waals surface area contributed by atoms with Crippen LogP contribution in [0.15, 0.2) is 0 Å². The maximum absolute atomic E-state index is 11.9. The van der Waals surface area contributed by atoms with Crippen LogP contribution in [-0.2, 0) is 15.0 Å². The molecule has 6 heteroatoms. The van der Waals surface area contributed by atoms with Crippen LogP contribution >= 0.6 is 0 Å². The van der Waals surface area contributed by atoms with Gasteiger partial charge in [0.25, 0.3) is 10.2 Å². The van der Waals surface area contributed by atoms with Crippen LogP contribution in [0, 0.1) is 0 Å². The van der Waals surface area contributed by atoms with E-state index in [1.807, 2.05) is 0 Å². The third-order valence-electron chi connectivity index (χ3n) is 2.79. The predicted octanol–water partition coefficient (Wildman–Crippen LogP) is 0.673. The lowest BCUT2D eigenvalue weighted by Gasteiger charge is -2.30. The molecule has 1 aliphatic carbocycles. The normalized spacial score (nSPS) is 19.7. The third kappa shape index (κ3) is 3.54. The average molecular weight is 248 g/mol. The van der Waals surface area contributed by atoms with Crippen molar-refractivity contribution in [3.63, 3.8) is 0 Å². The van der Waals surface area contributed by atoms with E-state index >= 15 is 0 Å². The molecule has 1 saturated carbocycles. The zero-order chi connectivity index (χ0) is 12.3. The number of carbonyl (C=O) groups excluding carboxylic acids is 1. The minimum absolute atomic E-state index is 0.0473. The molecule has 0 aromatic carbocycles. The van der Waals surface area contributed by atoms with Crippen molar-refractivity contribution in [2.75, 3.05) is 7.05 Å². The van der Waals surface area contributed by atoms with Gasteiger partial charge >= 0.3 is 0 Å². The zero-order valence-electron chi connectivity index (χ0n) is 10.1. The summed E-state index contributed by atoms with van der Waals surface area (Å²) in [7, 11) is -1.83. The summed E-state index contributed by atoms with van der Waals surface area (Å²) in [6, 6.07) is -0.161. The highest BCUT2D eigenvalue weighted by atomic mass is 32.2. The Morgan fingerprint density at radius 1 is 1.31 bits per heavy atom. The second-order valence-electron chi connectivity index (χ2n) is 4.56. The molecule has 1 rings (SSSR count). The minimum atomic E-state index is -3.40. The molecule has 0 aromatic heterocycles. The van der Waals surface area contributed by atoms with E-state index in [2.05, 4.69) is 4.72 Å². The van der Waals surface area contributed by atoms with Crippen LogP contribution in [0.4, 0.5) is 0 Å². The molecule has 0 aliphatic heterocycles. The fourth-order valence-electron chi connectivity index (χ4n) is 1.87. The topological polar surface area (TPSA) is 66.5 Å². The van der Waals surface area contributed by atoms with Crippen molar-refractivity contribution in [2.45, 2.75) is 51.6 Å². The monoisotopic (exact) mass is 248 g/mol. The van der Waals surface area contributed by atoms with E-state index in [1.165, 1.54) is 4.31 Å². The molecule has 16 heavy (non-hydrogen) atoms. The molecule has 0 aromatic rings. The van der Waals surface area contributed by atoms with Gasteiger partial charge in [-0.15, -0.1) is 0 Å². The molecule has 94 valence electrons. The summed E-state index contributed by atoms with van der Waals surface area (Å²) < 4.78 is 27.6. The van der Waals surface area contributed by atoms with E-state index in [0.29, 0.717) is 25.7 Å². The lowest BCUT2D eigenvalue weighted by Crippen LogP contribution is -2.47. The Hall–Kier alpha value is -0.460. The van der Waals surface area contributed by atoms with E-state index in [4.69, 9.17) is 0 Å². The summed E-state index contributed by atoms with van der Waals surface area (Å²) in [5.41, 5.74) is 0. The number of Topliss-reactive ketones (excluding diaryl/α,β-unsaturated/α-hetero) is 1. The summed E-state index contributed by atoms with van der Waals surface area (Å²) >= 11 is 0. The largest absolute Gasteiger partial charge is 0.300 e. The number of hydrogen-bond acceptors (Lipinski definition) is 3. The quantitative estimate of drug-likeness (QED) is 0.795. The second kappa shape index (κ2) is 5.25. The van der Waals surface area contributed by atoms with Gasteiger partial charge in [0.1, 0.15) is 5.78 Å². The molecule has 0 amide bonds. The third-order valence-corrected chi connectivity index (χ3v) is 4.62. The van der Waals surface area contributed by atoms with E-state index in [9.17, 15) is 13.2 Å². The highest BCUT2D eigenvalue weighted by molar-refractivity contribution is 7.87. The van der Waals surface area contributed by atoms with Crippen molar-refractivity contribution >= 4 is 16.0 Å². The summed E-state index contributed by atoms with van der Waals surface area (Å²) in [6.07, 6.45) is 2.25. The Labute approximate surface area is 97.4 Å². The second-order valence-corrected chi connectivity index (χ2v) is 6.33. The Morgan fingerprint density at radius 2 is 1.81 bits per heavy atom. The number of ketones is 1. The fraction of sp³-hybridized carbons (Fsp3) is 0.900. The first-order chi connectivity index (χ1) is 7.33. The number of hydrogen-bond donors (Lipinski definition) is 1.